The molecule has 0 unspecified atom stereocenters. The summed E-state index contributed by atoms with van der Waals surface area (Å²) in [5.74, 6) is -1.09. The summed E-state index contributed by atoms with van der Waals surface area (Å²) >= 11 is 0.939. The van der Waals surface area contributed by atoms with Crippen LogP contribution < -0.4 is 9.47 Å². The Morgan fingerprint density at radius 1 is 1.47 bits per heavy atom. The number of ether oxygens (including phenoxy) is 2. The van der Waals surface area contributed by atoms with Gasteiger partial charge in [-0.2, -0.15) is 4.73 Å². The molecular weight excluding hydrogens is 270 g/mol. The van der Waals surface area contributed by atoms with Crippen molar-refractivity contribution in [2.24, 2.45) is 0 Å². The predicted octanol–water partition coefficient (Wildman–Crippen LogP) is 1.64. The van der Waals surface area contributed by atoms with E-state index in [-0.39, 0.29) is 17.2 Å². The molecule has 0 aliphatic carbocycles. The predicted molar refractivity (Wildman–Crippen MR) is 68.1 cm³/mol. The lowest BCUT2D eigenvalue weighted by Gasteiger charge is -2.03. The number of fused-ring (bicyclic) bond motifs is 1. The minimum absolute atomic E-state index is 0.0798. The van der Waals surface area contributed by atoms with Gasteiger partial charge in [0.25, 0.3) is 4.83 Å². The van der Waals surface area contributed by atoms with E-state index in [9.17, 15) is 14.8 Å². The number of pyridine rings is 1. The molecule has 7 heteroatoms. The van der Waals surface area contributed by atoms with Crippen LogP contribution in [0.4, 0.5) is 0 Å². The first-order valence-electron chi connectivity index (χ1n) is 5.54. The first-order chi connectivity index (χ1) is 9.04. The SMILES string of the molecule is CCOC(=O)c1sc2c(ccc[n+]2[O-])c1OC(C)=O. The highest BCUT2D eigenvalue weighted by Gasteiger charge is 2.26. The molecule has 0 aromatic carbocycles. The van der Waals surface area contributed by atoms with Gasteiger partial charge in [0.2, 0.25) is 0 Å². The number of nitrogens with zero attached hydrogens (tertiary/aromatic N) is 1. The molecule has 0 spiro atoms. The molecule has 0 aliphatic heterocycles. The number of hydrogen-bond acceptors (Lipinski definition) is 6. The van der Waals surface area contributed by atoms with Crippen molar-refractivity contribution in [1.29, 1.82) is 0 Å². The van der Waals surface area contributed by atoms with Crippen molar-refractivity contribution in [3.8, 4) is 5.75 Å². The topological polar surface area (TPSA) is 79.5 Å². The fourth-order valence-corrected chi connectivity index (χ4v) is 2.59. The normalized spacial score (nSPS) is 10.4. The van der Waals surface area contributed by atoms with Crippen molar-refractivity contribution in [1.82, 2.24) is 0 Å². The van der Waals surface area contributed by atoms with Gasteiger partial charge in [-0.3, -0.25) is 4.79 Å². The third kappa shape index (κ3) is 2.50. The summed E-state index contributed by atoms with van der Waals surface area (Å²) in [7, 11) is 0. The van der Waals surface area contributed by atoms with Crippen LogP contribution in [0, 0.1) is 5.21 Å². The van der Waals surface area contributed by atoms with Crippen molar-refractivity contribution in [3.63, 3.8) is 0 Å². The van der Waals surface area contributed by atoms with E-state index in [1.165, 1.54) is 19.2 Å². The Balaban J connectivity index is 2.64. The number of carbonyl (C=O) groups is 2. The number of hydrogen-bond donors (Lipinski definition) is 0. The second-order valence-electron chi connectivity index (χ2n) is 3.63. The smallest absolute Gasteiger partial charge is 0.352 e. The molecule has 2 aromatic rings. The third-order valence-electron chi connectivity index (χ3n) is 2.27. The molecule has 0 fully saturated rings. The molecule has 0 radical (unpaired) electrons. The molecule has 2 aromatic heterocycles. The number of aromatic nitrogens is 1. The van der Waals surface area contributed by atoms with Gasteiger partial charge in [0.15, 0.2) is 16.8 Å². The highest BCUT2D eigenvalue weighted by atomic mass is 32.1. The second-order valence-corrected chi connectivity index (χ2v) is 4.63. The molecule has 100 valence electrons. The van der Waals surface area contributed by atoms with E-state index >= 15 is 0 Å². The average molecular weight is 281 g/mol. The summed E-state index contributed by atoms with van der Waals surface area (Å²) in [6, 6.07) is 3.13. The highest BCUT2D eigenvalue weighted by Crippen LogP contribution is 2.36. The van der Waals surface area contributed by atoms with Crippen LogP contribution in [0.15, 0.2) is 18.3 Å². The van der Waals surface area contributed by atoms with Gasteiger partial charge >= 0.3 is 11.9 Å². The van der Waals surface area contributed by atoms with Gasteiger partial charge in [-0.1, -0.05) is 11.3 Å². The Labute approximate surface area is 112 Å². The number of thiophene rings is 1. The van der Waals surface area contributed by atoms with Crippen LogP contribution in [0.5, 0.6) is 5.75 Å². The Bertz CT molecular complexity index is 649. The lowest BCUT2D eigenvalue weighted by Crippen LogP contribution is -2.24. The lowest BCUT2D eigenvalue weighted by atomic mass is 10.3. The molecule has 0 aliphatic rings. The van der Waals surface area contributed by atoms with Crippen molar-refractivity contribution in [3.05, 3.63) is 28.4 Å². The van der Waals surface area contributed by atoms with E-state index in [2.05, 4.69) is 0 Å². The largest absolute Gasteiger partial charge is 0.618 e. The Morgan fingerprint density at radius 2 is 2.21 bits per heavy atom. The number of esters is 2. The summed E-state index contributed by atoms with van der Waals surface area (Å²) in [4.78, 5) is 23.3. The van der Waals surface area contributed by atoms with Gasteiger partial charge in [0, 0.05) is 13.0 Å². The van der Waals surface area contributed by atoms with Crippen molar-refractivity contribution >= 4 is 33.5 Å². The number of rotatable bonds is 3. The molecule has 19 heavy (non-hydrogen) atoms. The van der Waals surface area contributed by atoms with E-state index in [0.717, 1.165) is 11.3 Å². The molecular formula is C12H11NO5S. The highest BCUT2D eigenvalue weighted by molar-refractivity contribution is 7.20. The summed E-state index contributed by atoms with van der Waals surface area (Å²) in [6.07, 6.45) is 1.31. The first-order valence-corrected chi connectivity index (χ1v) is 6.36. The van der Waals surface area contributed by atoms with Crippen LogP contribution in [0.25, 0.3) is 10.2 Å². The van der Waals surface area contributed by atoms with Crippen LogP contribution in [-0.4, -0.2) is 18.5 Å². The minimum atomic E-state index is -0.611. The van der Waals surface area contributed by atoms with Gasteiger partial charge in [-0.05, 0) is 13.0 Å². The molecule has 2 rings (SSSR count). The molecule has 2 heterocycles. The average Bonchev–Trinajstić information content (AvgIpc) is 2.70. The van der Waals surface area contributed by atoms with Gasteiger partial charge in [0.05, 0.1) is 6.61 Å². The molecule has 6 nitrogen and oxygen atoms in total. The van der Waals surface area contributed by atoms with Crippen LogP contribution in [0.3, 0.4) is 0 Å². The zero-order chi connectivity index (χ0) is 14.0. The lowest BCUT2D eigenvalue weighted by molar-refractivity contribution is -0.574. The van der Waals surface area contributed by atoms with Gasteiger partial charge < -0.3 is 14.7 Å². The standard InChI is InChI=1S/C12H11NO5S/c1-3-17-12(15)10-9(18-7(2)14)8-5-4-6-13(16)11(8)19-10/h4-6H,3H2,1-2H3. The maximum Gasteiger partial charge on any atom is 0.352 e. The van der Waals surface area contributed by atoms with Crippen molar-refractivity contribution < 1.29 is 23.8 Å². The van der Waals surface area contributed by atoms with E-state index in [4.69, 9.17) is 9.47 Å². The first kappa shape index (κ1) is 13.3. The zero-order valence-electron chi connectivity index (χ0n) is 10.3. The fraction of sp³-hybridized carbons (Fsp3) is 0.250. The Kier molecular flexibility index (Phi) is 3.66. The zero-order valence-corrected chi connectivity index (χ0v) is 11.2. The van der Waals surface area contributed by atoms with E-state index in [0.29, 0.717) is 14.9 Å². The molecule has 0 saturated heterocycles. The number of carbonyl (C=O) groups excluding carboxylic acids is 2. The van der Waals surface area contributed by atoms with Gasteiger partial charge in [0.1, 0.15) is 5.39 Å². The van der Waals surface area contributed by atoms with Crippen LogP contribution >= 0.6 is 11.3 Å². The molecule has 0 amide bonds. The van der Waals surface area contributed by atoms with Crippen LogP contribution in [-0.2, 0) is 9.53 Å². The summed E-state index contributed by atoms with van der Waals surface area (Å²) in [5.41, 5.74) is 0. The molecule has 0 atom stereocenters. The van der Waals surface area contributed by atoms with Gasteiger partial charge in [-0.25, -0.2) is 4.79 Å². The monoisotopic (exact) mass is 281 g/mol. The quantitative estimate of drug-likeness (QED) is 0.485. The Morgan fingerprint density at radius 3 is 2.84 bits per heavy atom. The Hall–Kier alpha value is -2.15. The molecule has 0 N–H and O–H groups in total. The van der Waals surface area contributed by atoms with E-state index in [1.54, 1.807) is 13.0 Å². The summed E-state index contributed by atoms with van der Waals surface area (Å²) < 4.78 is 10.5. The fourth-order valence-electron chi connectivity index (χ4n) is 1.59. The summed E-state index contributed by atoms with van der Waals surface area (Å²) in [5, 5.41) is 12.1. The minimum Gasteiger partial charge on any atom is -0.618 e. The van der Waals surface area contributed by atoms with Crippen molar-refractivity contribution in [2.45, 2.75) is 13.8 Å². The van der Waals surface area contributed by atoms with Crippen LogP contribution in [0.2, 0.25) is 0 Å². The van der Waals surface area contributed by atoms with Gasteiger partial charge in [-0.15, -0.1) is 0 Å². The van der Waals surface area contributed by atoms with E-state index in [1.807, 2.05) is 0 Å². The molecule has 0 saturated carbocycles. The van der Waals surface area contributed by atoms with E-state index < -0.39 is 11.9 Å². The van der Waals surface area contributed by atoms with Crippen molar-refractivity contribution in [2.75, 3.05) is 6.61 Å². The molecule has 0 bridgehead atoms. The maximum absolute atomic E-state index is 11.8. The summed E-state index contributed by atoms with van der Waals surface area (Å²) in [6.45, 7) is 3.10. The third-order valence-corrected chi connectivity index (χ3v) is 3.42. The van der Waals surface area contributed by atoms with Crippen LogP contribution in [0.1, 0.15) is 23.5 Å². The second kappa shape index (κ2) is 5.23. The maximum atomic E-state index is 11.8.